The number of hydrogen-bond donors (Lipinski definition) is 1. The largest absolute Gasteiger partial charge is 0.326 e. The van der Waals surface area contributed by atoms with Crippen LogP contribution in [0.5, 0.6) is 0 Å². The van der Waals surface area contributed by atoms with Crippen LogP contribution in [0, 0.1) is 13.8 Å². The Hall–Kier alpha value is -2.60. The number of aryl methyl sites for hydroxylation is 2. The molecular formula is C24H29N3O2S. The molecule has 30 heavy (non-hydrogen) atoms. The molecule has 1 atom stereocenters. The van der Waals surface area contributed by atoms with Crippen LogP contribution in [0.4, 0.5) is 11.4 Å². The number of nitrogens with one attached hydrogen (secondary N) is 1. The number of nitrogens with zero attached hydrogens (tertiary/aromatic N) is 2. The highest BCUT2D eigenvalue weighted by Gasteiger charge is 2.38. The van der Waals surface area contributed by atoms with E-state index in [1.54, 1.807) is 4.90 Å². The van der Waals surface area contributed by atoms with Gasteiger partial charge in [0.15, 0.2) is 5.17 Å². The Labute approximate surface area is 183 Å². The Kier molecular flexibility index (Phi) is 7.69. The van der Waals surface area contributed by atoms with Crippen molar-refractivity contribution in [3.8, 4) is 0 Å². The second kappa shape index (κ2) is 10.4. The van der Waals surface area contributed by atoms with Crippen LogP contribution >= 0.6 is 11.8 Å². The van der Waals surface area contributed by atoms with Gasteiger partial charge in [0.1, 0.15) is 5.25 Å². The maximum Gasteiger partial charge on any atom is 0.242 e. The average Bonchev–Trinajstić information content (AvgIpc) is 3.00. The van der Waals surface area contributed by atoms with Crippen molar-refractivity contribution < 1.29 is 9.59 Å². The molecule has 0 radical (unpaired) electrons. The lowest BCUT2D eigenvalue weighted by Gasteiger charge is -2.16. The Morgan fingerprint density at radius 3 is 2.43 bits per heavy atom. The summed E-state index contributed by atoms with van der Waals surface area (Å²) in [5, 5.41) is 3.24. The monoisotopic (exact) mass is 423 g/mol. The summed E-state index contributed by atoms with van der Waals surface area (Å²) in [6, 6.07) is 15.5. The van der Waals surface area contributed by atoms with Crippen LogP contribution in [0.2, 0.25) is 0 Å². The van der Waals surface area contributed by atoms with Gasteiger partial charge in [-0.3, -0.25) is 14.5 Å². The molecule has 6 heteroatoms. The molecule has 1 saturated heterocycles. The van der Waals surface area contributed by atoms with Crippen LogP contribution in [0.1, 0.15) is 43.7 Å². The maximum atomic E-state index is 13.1. The number of para-hydroxylation sites is 2. The minimum Gasteiger partial charge on any atom is -0.326 e. The lowest BCUT2D eigenvalue weighted by molar-refractivity contribution is -0.128. The van der Waals surface area contributed by atoms with Crippen LogP contribution in [0.3, 0.4) is 0 Å². The molecule has 158 valence electrons. The van der Waals surface area contributed by atoms with Crippen molar-refractivity contribution in [1.82, 2.24) is 4.90 Å². The number of aliphatic imine (C=N–C) groups is 1. The van der Waals surface area contributed by atoms with Gasteiger partial charge in [0.25, 0.3) is 0 Å². The highest BCUT2D eigenvalue weighted by Crippen LogP contribution is 2.32. The number of carbonyl (C=O) groups excluding carboxylic acids is 2. The minimum absolute atomic E-state index is 0.0255. The summed E-state index contributed by atoms with van der Waals surface area (Å²) in [5.41, 5.74) is 3.67. The van der Waals surface area contributed by atoms with E-state index in [1.165, 1.54) is 11.8 Å². The van der Waals surface area contributed by atoms with Gasteiger partial charge in [0.2, 0.25) is 11.8 Å². The number of carbonyl (C=O) groups is 2. The number of amidine groups is 1. The number of thioether (sulfide) groups is 1. The number of unbranched alkanes of at least 4 members (excludes halogenated alkanes) is 2. The van der Waals surface area contributed by atoms with E-state index >= 15 is 0 Å². The van der Waals surface area contributed by atoms with E-state index in [2.05, 4.69) is 12.2 Å². The van der Waals surface area contributed by atoms with Crippen LogP contribution in [0.25, 0.3) is 0 Å². The third-order valence-electron chi connectivity index (χ3n) is 5.10. The fourth-order valence-corrected chi connectivity index (χ4v) is 4.62. The fourth-order valence-electron chi connectivity index (χ4n) is 3.43. The molecule has 0 saturated carbocycles. The number of rotatable bonds is 8. The van der Waals surface area contributed by atoms with E-state index in [-0.39, 0.29) is 18.2 Å². The van der Waals surface area contributed by atoms with Gasteiger partial charge < -0.3 is 5.32 Å². The number of amides is 2. The normalized spacial score (nSPS) is 17.6. The topological polar surface area (TPSA) is 61.8 Å². The van der Waals surface area contributed by atoms with Crippen molar-refractivity contribution >= 4 is 40.1 Å². The standard InChI is InChI=1S/C24H29N3O2S/c1-4-5-9-15-27-23(29)20(30-24(27)25-19-13-7-6-8-14-19)16-21(28)26-22-17(2)11-10-12-18(22)3/h6-8,10-14,20H,4-5,9,15-16H2,1-3H3,(H,26,28)/t20-/m0/s1. The van der Waals surface area contributed by atoms with Crippen molar-refractivity contribution in [2.75, 3.05) is 11.9 Å². The van der Waals surface area contributed by atoms with Crippen LogP contribution in [-0.4, -0.2) is 33.7 Å². The number of anilines is 1. The average molecular weight is 424 g/mol. The highest BCUT2D eigenvalue weighted by atomic mass is 32.2. The molecule has 0 aromatic heterocycles. The van der Waals surface area contributed by atoms with Gasteiger partial charge >= 0.3 is 0 Å². The minimum atomic E-state index is -0.446. The molecule has 2 aromatic rings. The second-order valence-corrected chi connectivity index (χ2v) is 8.72. The second-order valence-electron chi connectivity index (χ2n) is 7.55. The third-order valence-corrected chi connectivity index (χ3v) is 6.28. The predicted molar refractivity (Wildman–Crippen MR) is 125 cm³/mol. The smallest absolute Gasteiger partial charge is 0.242 e. The van der Waals surface area contributed by atoms with Crippen LogP contribution < -0.4 is 5.32 Å². The molecule has 0 spiro atoms. The first-order chi connectivity index (χ1) is 14.5. The van der Waals surface area contributed by atoms with Gasteiger partial charge in [-0.1, -0.05) is 67.9 Å². The summed E-state index contributed by atoms with van der Waals surface area (Å²) in [4.78, 5) is 32.2. The van der Waals surface area contributed by atoms with Crippen LogP contribution in [0.15, 0.2) is 53.5 Å². The van der Waals surface area contributed by atoms with Gasteiger partial charge in [-0.2, -0.15) is 0 Å². The molecule has 2 amide bonds. The molecule has 5 nitrogen and oxygen atoms in total. The first-order valence-electron chi connectivity index (χ1n) is 10.5. The summed E-state index contributed by atoms with van der Waals surface area (Å²) in [5.74, 6) is -0.171. The SMILES string of the molecule is CCCCCN1C(=O)[C@H](CC(=O)Nc2c(C)cccc2C)SC1=Nc1ccccc1. The van der Waals surface area contributed by atoms with Crippen molar-refractivity contribution in [1.29, 1.82) is 0 Å². The quantitative estimate of drug-likeness (QED) is 0.574. The first kappa shape index (κ1) is 22.1. The van der Waals surface area contributed by atoms with Gasteiger partial charge in [-0.25, -0.2) is 4.99 Å². The molecule has 0 unspecified atom stereocenters. The fraction of sp³-hybridized carbons (Fsp3) is 0.375. The van der Waals surface area contributed by atoms with Crippen molar-refractivity contribution in [2.24, 2.45) is 4.99 Å². The van der Waals surface area contributed by atoms with E-state index in [4.69, 9.17) is 4.99 Å². The summed E-state index contributed by atoms with van der Waals surface area (Å²) in [6.07, 6.45) is 3.21. The Balaban J connectivity index is 1.74. The van der Waals surface area contributed by atoms with Gasteiger partial charge in [-0.05, 0) is 43.5 Å². The lowest BCUT2D eigenvalue weighted by Crippen LogP contribution is -2.34. The van der Waals surface area contributed by atoms with Crippen molar-refractivity contribution in [2.45, 2.75) is 51.7 Å². The van der Waals surface area contributed by atoms with Crippen LogP contribution in [-0.2, 0) is 9.59 Å². The van der Waals surface area contributed by atoms with E-state index in [9.17, 15) is 9.59 Å². The molecule has 3 rings (SSSR count). The lowest BCUT2D eigenvalue weighted by atomic mass is 10.1. The van der Waals surface area contributed by atoms with E-state index in [1.807, 2.05) is 62.4 Å². The zero-order valence-electron chi connectivity index (χ0n) is 17.9. The number of benzene rings is 2. The molecular weight excluding hydrogens is 394 g/mol. The van der Waals surface area contributed by atoms with Crippen molar-refractivity contribution in [3.63, 3.8) is 0 Å². The third kappa shape index (κ3) is 5.51. The molecule has 0 bridgehead atoms. The summed E-state index contributed by atoms with van der Waals surface area (Å²) in [7, 11) is 0. The zero-order valence-corrected chi connectivity index (χ0v) is 18.7. The molecule has 1 fully saturated rings. The van der Waals surface area contributed by atoms with E-state index in [0.29, 0.717) is 11.7 Å². The molecule has 1 aliphatic heterocycles. The zero-order chi connectivity index (χ0) is 21.5. The van der Waals surface area contributed by atoms with E-state index < -0.39 is 5.25 Å². The van der Waals surface area contributed by atoms with E-state index in [0.717, 1.165) is 41.8 Å². The van der Waals surface area contributed by atoms with Gasteiger partial charge in [0.05, 0.1) is 5.69 Å². The summed E-state index contributed by atoms with van der Waals surface area (Å²) >= 11 is 1.39. The van der Waals surface area contributed by atoms with Crippen molar-refractivity contribution in [3.05, 3.63) is 59.7 Å². The molecule has 2 aromatic carbocycles. The molecule has 1 heterocycles. The molecule has 0 aliphatic carbocycles. The Morgan fingerprint density at radius 2 is 1.77 bits per heavy atom. The highest BCUT2D eigenvalue weighted by molar-refractivity contribution is 8.15. The number of hydrogen-bond acceptors (Lipinski definition) is 4. The molecule has 1 aliphatic rings. The maximum absolute atomic E-state index is 13.1. The summed E-state index contributed by atoms with van der Waals surface area (Å²) in [6.45, 7) is 6.72. The summed E-state index contributed by atoms with van der Waals surface area (Å²) < 4.78 is 0. The Bertz CT molecular complexity index is 907. The predicted octanol–water partition coefficient (Wildman–Crippen LogP) is 5.45. The Morgan fingerprint density at radius 1 is 1.07 bits per heavy atom. The van der Waals surface area contributed by atoms with Gasteiger partial charge in [-0.15, -0.1) is 0 Å². The molecule has 1 N–H and O–H groups in total. The van der Waals surface area contributed by atoms with Gasteiger partial charge in [0, 0.05) is 18.7 Å². The first-order valence-corrected chi connectivity index (χ1v) is 11.4.